The number of carboxylic acids is 1. The van der Waals surface area contributed by atoms with Gasteiger partial charge in [0.05, 0.1) is 12.2 Å². The van der Waals surface area contributed by atoms with Gasteiger partial charge in [0, 0.05) is 31.8 Å². The molecule has 3 rings (SSSR count). The molecule has 0 bridgehead atoms. The van der Waals surface area contributed by atoms with Gasteiger partial charge in [0.15, 0.2) is 0 Å². The quantitative estimate of drug-likeness (QED) is 0.558. The predicted octanol–water partition coefficient (Wildman–Crippen LogP) is 4.86. The Kier molecular flexibility index (Phi) is 8.00. The molecule has 30 heavy (non-hydrogen) atoms. The number of allylic oxidation sites excluding steroid dienone is 1. The van der Waals surface area contributed by atoms with E-state index >= 15 is 0 Å². The number of aliphatic carboxylic acids is 1. The summed E-state index contributed by atoms with van der Waals surface area (Å²) in [5.74, 6) is -3.70. The van der Waals surface area contributed by atoms with Gasteiger partial charge >= 0.3 is 5.97 Å². The summed E-state index contributed by atoms with van der Waals surface area (Å²) in [5.41, 5.74) is 0.887. The van der Waals surface area contributed by atoms with Crippen LogP contribution in [0, 0.1) is 17.8 Å². The van der Waals surface area contributed by atoms with Crippen molar-refractivity contribution < 1.29 is 28.5 Å². The standard InChI is InChI=1S/C24H32F2O4/c25-24(26,13-11-17-5-2-1-3-6-17)14-12-19-20-10-9-18(7-4-8-23(28)29)16-30-22(20)15-21(19)27/h1-3,5-6,12,14,18-22,27H,4,7-11,13,15-16H2,(H,28,29)/b14-12+/t18-,19+,20+,21+,22-/m0/s1. The first-order chi connectivity index (χ1) is 14.3. The van der Waals surface area contributed by atoms with Gasteiger partial charge in [-0.2, -0.15) is 0 Å². The average Bonchev–Trinajstić information content (AvgIpc) is 2.88. The van der Waals surface area contributed by atoms with Crippen molar-refractivity contribution in [1.82, 2.24) is 0 Å². The van der Waals surface area contributed by atoms with E-state index in [9.17, 15) is 18.7 Å². The lowest BCUT2D eigenvalue weighted by Gasteiger charge is -2.21. The summed E-state index contributed by atoms with van der Waals surface area (Å²) in [6.45, 7) is 0.553. The van der Waals surface area contributed by atoms with E-state index in [-0.39, 0.29) is 30.8 Å². The average molecular weight is 423 g/mol. The van der Waals surface area contributed by atoms with Crippen molar-refractivity contribution in [3.8, 4) is 0 Å². The molecule has 0 radical (unpaired) electrons. The van der Waals surface area contributed by atoms with Crippen LogP contribution in [0.2, 0.25) is 0 Å². The summed E-state index contributed by atoms with van der Waals surface area (Å²) in [6.07, 6.45) is 5.49. The summed E-state index contributed by atoms with van der Waals surface area (Å²) in [6, 6.07) is 9.26. The Morgan fingerprint density at radius 1 is 1.23 bits per heavy atom. The second-order valence-corrected chi connectivity index (χ2v) is 8.75. The monoisotopic (exact) mass is 422 g/mol. The van der Waals surface area contributed by atoms with Crippen molar-refractivity contribution in [3.05, 3.63) is 48.0 Å². The highest BCUT2D eigenvalue weighted by Crippen LogP contribution is 2.42. The number of aliphatic hydroxyl groups excluding tert-OH is 1. The molecule has 1 heterocycles. The number of halogens is 2. The minimum atomic E-state index is -2.92. The zero-order valence-electron chi connectivity index (χ0n) is 17.3. The zero-order chi connectivity index (χ0) is 21.6. The van der Waals surface area contributed by atoms with Gasteiger partial charge in [-0.05, 0) is 55.6 Å². The van der Waals surface area contributed by atoms with Gasteiger partial charge in [0.1, 0.15) is 0 Å². The van der Waals surface area contributed by atoms with Crippen LogP contribution in [0.1, 0.15) is 50.5 Å². The number of ether oxygens (including phenoxy) is 1. The molecule has 1 aliphatic carbocycles. The Morgan fingerprint density at radius 3 is 2.73 bits per heavy atom. The molecule has 1 saturated carbocycles. The normalized spacial score (nSPS) is 29.6. The fourth-order valence-corrected chi connectivity index (χ4v) is 4.78. The van der Waals surface area contributed by atoms with Crippen LogP contribution in [-0.4, -0.2) is 40.9 Å². The van der Waals surface area contributed by atoms with Crippen molar-refractivity contribution >= 4 is 5.97 Å². The first kappa shape index (κ1) is 22.9. The number of rotatable bonds is 9. The maximum absolute atomic E-state index is 14.4. The van der Waals surface area contributed by atoms with E-state index in [1.165, 1.54) is 6.08 Å². The number of aryl methyl sites for hydroxylation is 1. The zero-order valence-corrected chi connectivity index (χ0v) is 17.3. The molecule has 0 unspecified atom stereocenters. The van der Waals surface area contributed by atoms with E-state index in [0.717, 1.165) is 30.9 Å². The molecule has 2 aliphatic rings. The summed E-state index contributed by atoms with van der Waals surface area (Å²) in [7, 11) is 0. The Labute approximate surface area is 176 Å². The summed E-state index contributed by atoms with van der Waals surface area (Å²) in [5, 5.41) is 19.2. The predicted molar refractivity (Wildman–Crippen MR) is 110 cm³/mol. The molecule has 0 amide bonds. The van der Waals surface area contributed by atoms with E-state index < -0.39 is 18.0 Å². The van der Waals surface area contributed by atoms with Crippen molar-refractivity contribution in [2.75, 3.05) is 6.61 Å². The number of alkyl halides is 2. The summed E-state index contributed by atoms with van der Waals surface area (Å²) >= 11 is 0. The van der Waals surface area contributed by atoms with Gasteiger partial charge in [-0.3, -0.25) is 4.79 Å². The van der Waals surface area contributed by atoms with Crippen LogP contribution in [0.4, 0.5) is 8.78 Å². The van der Waals surface area contributed by atoms with Crippen LogP contribution in [-0.2, 0) is 16.0 Å². The maximum Gasteiger partial charge on any atom is 0.303 e. The number of aliphatic hydroxyl groups is 1. The van der Waals surface area contributed by atoms with Crippen LogP contribution < -0.4 is 0 Å². The minimum Gasteiger partial charge on any atom is -0.481 e. The third kappa shape index (κ3) is 6.61. The lowest BCUT2D eigenvalue weighted by Crippen LogP contribution is -2.22. The number of carboxylic acid groups (broad SMARTS) is 1. The number of hydrogen-bond acceptors (Lipinski definition) is 3. The Morgan fingerprint density at radius 2 is 2.00 bits per heavy atom. The lowest BCUT2D eigenvalue weighted by molar-refractivity contribution is -0.137. The fourth-order valence-electron chi connectivity index (χ4n) is 4.78. The molecule has 0 spiro atoms. The minimum absolute atomic E-state index is 0.0330. The van der Waals surface area contributed by atoms with E-state index in [4.69, 9.17) is 9.84 Å². The van der Waals surface area contributed by atoms with Crippen molar-refractivity contribution in [2.24, 2.45) is 17.8 Å². The van der Waals surface area contributed by atoms with Gasteiger partial charge in [-0.15, -0.1) is 0 Å². The van der Waals surface area contributed by atoms with Crippen LogP contribution in [0.5, 0.6) is 0 Å². The third-order valence-corrected chi connectivity index (χ3v) is 6.50. The van der Waals surface area contributed by atoms with Gasteiger partial charge in [-0.1, -0.05) is 36.4 Å². The highest BCUT2D eigenvalue weighted by molar-refractivity contribution is 5.66. The number of hydrogen-bond donors (Lipinski definition) is 2. The van der Waals surface area contributed by atoms with Gasteiger partial charge in [-0.25, -0.2) is 8.78 Å². The topological polar surface area (TPSA) is 66.8 Å². The van der Waals surface area contributed by atoms with Gasteiger partial charge in [0.25, 0.3) is 5.92 Å². The first-order valence-corrected chi connectivity index (χ1v) is 11.0. The fraction of sp³-hybridized carbons (Fsp3) is 0.625. The van der Waals surface area contributed by atoms with Crippen LogP contribution in [0.25, 0.3) is 0 Å². The van der Waals surface area contributed by atoms with Gasteiger partial charge in [0.2, 0.25) is 0 Å². The second-order valence-electron chi connectivity index (χ2n) is 8.75. The van der Waals surface area contributed by atoms with E-state index in [0.29, 0.717) is 31.8 Å². The molecule has 4 nitrogen and oxygen atoms in total. The molecule has 6 heteroatoms. The van der Waals surface area contributed by atoms with Gasteiger partial charge < -0.3 is 14.9 Å². The van der Waals surface area contributed by atoms with Crippen molar-refractivity contribution in [1.29, 1.82) is 0 Å². The highest BCUT2D eigenvalue weighted by atomic mass is 19.3. The SMILES string of the molecule is O=C(O)CCC[C@H]1CC[C@@H]2[C@@H](/C=C/C(F)(F)CCc3ccccc3)[C@H](O)C[C@@H]2OC1. The molecule has 1 aromatic rings. The summed E-state index contributed by atoms with van der Waals surface area (Å²) < 4.78 is 34.8. The van der Waals surface area contributed by atoms with Crippen molar-refractivity contribution in [3.63, 3.8) is 0 Å². The molecule has 1 saturated heterocycles. The lowest BCUT2D eigenvalue weighted by atomic mass is 9.86. The Balaban J connectivity index is 1.54. The largest absolute Gasteiger partial charge is 0.481 e. The van der Waals surface area contributed by atoms with Crippen LogP contribution >= 0.6 is 0 Å². The van der Waals surface area contributed by atoms with Crippen molar-refractivity contribution in [2.45, 2.75) is 69.5 Å². The molecular formula is C24H32F2O4. The molecule has 2 N–H and O–H groups in total. The van der Waals surface area contributed by atoms with Crippen LogP contribution in [0.15, 0.2) is 42.5 Å². The second kappa shape index (κ2) is 10.5. The molecule has 166 valence electrons. The highest BCUT2D eigenvalue weighted by Gasteiger charge is 2.43. The van der Waals surface area contributed by atoms with Crippen LogP contribution in [0.3, 0.4) is 0 Å². The Hall–Kier alpha value is -1.79. The van der Waals surface area contributed by atoms with E-state index in [1.807, 2.05) is 30.3 Å². The molecule has 5 atom stereocenters. The maximum atomic E-state index is 14.4. The van der Waals surface area contributed by atoms with E-state index in [2.05, 4.69) is 0 Å². The number of carbonyl (C=O) groups is 1. The smallest absolute Gasteiger partial charge is 0.303 e. The number of fused-ring (bicyclic) bond motifs is 1. The molecule has 1 aliphatic heterocycles. The third-order valence-electron chi connectivity index (χ3n) is 6.50. The molecule has 0 aromatic heterocycles. The summed E-state index contributed by atoms with van der Waals surface area (Å²) in [4.78, 5) is 10.7. The molecule has 2 fully saturated rings. The molecular weight excluding hydrogens is 390 g/mol. The van der Waals surface area contributed by atoms with E-state index in [1.54, 1.807) is 0 Å². The Bertz CT molecular complexity index is 706. The number of benzene rings is 1. The molecule has 1 aromatic carbocycles. The first-order valence-electron chi connectivity index (χ1n) is 11.0.